The van der Waals surface area contributed by atoms with E-state index in [1.54, 1.807) is 6.08 Å². The number of carbonyl (C=O) groups excluding carboxylic acids is 1. The SMILES string of the molecule is CC(C)C1=C2C3CCC4C5(C)CC=C(OS(=O)(=O)C(F)(F)F)C(C)(C)C5CCC4(C)C3(C)CCC2(CO[Si](C)(C)C(C)(C)C)CC1=O. The molecule has 5 nitrogen and oxygen atoms in total. The van der Waals surface area contributed by atoms with Gasteiger partial charge in [0.1, 0.15) is 5.76 Å². The van der Waals surface area contributed by atoms with Crippen molar-refractivity contribution in [2.24, 2.45) is 50.7 Å². The number of hydrogen-bond acceptors (Lipinski definition) is 5. The Morgan fingerprint density at radius 1 is 0.936 bits per heavy atom. The molecular weight excluding hydrogens is 642 g/mol. The fraction of sp³-hybridized carbons (Fsp3) is 0.865. The second-order valence-electron chi connectivity index (χ2n) is 19.0. The van der Waals surface area contributed by atoms with Crippen molar-refractivity contribution < 1.29 is 35.0 Å². The summed E-state index contributed by atoms with van der Waals surface area (Å²) in [5.41, 5.74) is -4.54. The summed E-state index contributed by atoms with van der Waals surface area (Å²) >= 11 is 0. The molecule has 0 spiro atoms. The molecular formula is C37H59F3O5SSi. The minimum atomic E-state index is -5.75. The van der Waals surface area contributed by atoms with Crippen LogP contribution in [0, 0.1) is 50.7 Å². The number of rotatable bonds is 6. The molecule has 3 saturated carbocycles. The molecule has 5 aliphatic rings. The number of carbonyl (C=O) groups is 1. The zero-order valence-corrected chi connectivity index (χ0v) is 32.7. The van der Waals surface area contributed by atoms with E-state index in [9.17, 15) is 26.4 Å². The van der Waals surface area contributed by atoms with Gasteiger partial charge in [-0.2, -0.15) is 21.6 Å². The Kier molecular flexibility index (Phi) is 8.64. The van der Waals surface area contributed by atoms with Crippen LogP contribution in [-0.4, -0.2) is 34.6 Å². The van der Waals surface area contributed by atoms with Crippen LogP contribution >= 0.6 is 0 Å². The average Bonchev–Trinajstić information content (AvgIpc) is 3.21. The van der Waals surface area contributed by atoms with Gasteiger partial charge in [-0.15, -0.1) is 0 Å². The molecule has 0 radical (unpaired) electrons. The molecule has 47 heavy (non-hydrogen) atoms. The highest BCUT2D eigenvalue weighted by Gasteiger charge is 2.70. The minimum absolute atomic E-state index is 0.0316. The molecule has 0 N–H and O–H groups in total. The van der Waals surface area contributed by atoms with Crippen molar-refractivity contribution in [2.75, 3.05) is 6.61 Å². The fourth-order valence-electron chi connectivity index (χ4n) is 11.3. The summed E-state index contributed by atoms with van der Waals surface area (Å²) < 4.78 is 75.9. The van der Waals surface area contributed by atoms with Crippen LogP contribution < -0.4 is 0 Å². The average molecular weight is 701 g/mol. The molecule has 0 aromatic rings. The summed E-state index contributed by atoms with van der Waals surface area (Å²) in [6.07, 6.45) is 8.20. The molecule has 0 amide bonds. The van der Waals surface area contributed by atoms with Crippen molar-refractivity contribution in [3.8, 4) is 0 Å². The molecule has 5 rings (SSSR count). The molecule has 7 atom stereocenters. The van der Waals surface area contributed by atoms with Crippen LogP contribution in [0.3, 0.4) is 0 Å². The van der Waals surface area contributed by atoms with Crippen LogP contribution in [-0.2, 0) is 23.5 Å². The highest BCUT2D eigenvalue weighted by Crippen LogP contribution is 2.76. The van der Waals surface area contributed by atoms with E-state index in [2.05, 4.69) is 68.5 Å². The van der Waals surface area contributed by atoms with E-state index in [1.165, 1.54) is 5.57 Å². The third-order valence-corrected chi connectivity index (χ3v) is 20.5. The molecule has 0 aromatic carbocycles. The van der Waals surface area contributed by atoms with Crippen LogP contribution in [0.4, 0.5) is 13.2 Å². The van der Waals surface area contributed by atoms with Gasteiger partial charge in [-0.25, -0.2) is 0 Å². The van der Waals surface area contributed by atoms with E-state index in [0.717, 1.165) is 44.1 Å². The van der Waals surface area contributed by atoms with E-state index in [0.29, 0.717) is 31.1 Å². The minimum Gasteiger partial charge on any atom is -0.416 e. The summed E-state index contributed by atoms with van der Waals surface area (Å²) in [5.74, 6) is 0.887. The molecule has 0 aliphatic heterocycles. The Balaban J connectivity index is 1.53. The first kappa shape index (κ1) is 37.1. The Bertz CT molecular complexity index is 1490. The molecule has 0 heterocycles. The van der Waals surface area contributed by atoms with Crippen molar-refractivity contribution in [3.05, 3.63) is 23.0 Å². The first-order valence-electron chi connectivity index (χ1n) is 17.7. The van der Waals surface area contributed by atoms with Gasteiger partial charge in [0, 0.05) is 23.9 Å². The maximum atomic E-state index is 13.9. The Labute approximate surface area is 283 Å². The van der Waals surface area contributed by atoms with Gasteiger partial charge in [-0.1, -0.05) is 74.8 Å². The Morgan fingerprint density at radius 2 is 1.55 bits per heavy atom. The largest absolute Gasteiger partial charge is 0.534 e. The standard InChI is InChI=1S/C37H59F3O5SSi/c1-23(2)29-25(41)21-36(22-44-47(11,12)31(3,4)5)20-19-34(9)24(30(29)36)13-14-27-33(8)17-16-28(45-46(42,43)37(38,39)40)32(6,7)26(33)15-18-35(27,34)10/h16,23-24,26-27H,13-15,17-22H2,1-12H3. The van der Waals surface area contributed by atoms with Crippen molar-refractivity contribution in [1.29, 1.82) is 0 Å². The van der Waals surface area contributed by atoms with E-state index in [-0.39, 0.29) is 50.2 Å². The lowest BCUT2D eigenvalue weighted by Crippen LogP contribution is -2.64. The third-order valence-electron chi connectivity index (χ3n) is 15.1. The van der Waals surface area contributed by atoms with Crippen molar-refractivity contribution in [2.45, 2.75) is 144 Å². The Morgan fingerprint density at radius 3 is 2.11 bits per heavy atom. The number of alkyl halides is 3. The van der Waals surface area contributed by atoms with Gasteiger partial charge in [0.2, 0.25) is 0 Å². The zero-order chi connectivity index (χ0) is 35.6. The van der Waals surface area contributed by atoms with E-state index < -0.39 is 29.4 Å². The van der Waals surface area contributed by atoms with Gasteiger partial charge in [0.05, 0.1) is 0 Å². The van der Waals surface area contributed by atoms with Crippen LogP contribution in [0.25, 0.3) is 0 Å². The fourth-order valence-corrected chi connectivity index (χ4v) is 13.0. The molecule has 3 fully saturated rings. The topological polar surface area (TPSA) is 69.7 Å². The maximum absolute atomic E-state index is 13.9. The molecule has 7 unspecified atom stereocenters. The summed E-state index contributed by atoms with van der Waals surface area (Å²) in [7, 11) is -7.80. The number of halogens is 3. The molecule has 0 aromatic heterocycles. The van der Waals surface area contributed by atoms with Crippen molar-refractivity contribution in [1.82, 2.24) is 0 Å². The van der Waals surface area contributed by atoms with Crippen LogP contribution in [0.15, 0.2) is 23.0 Å². The molecule has 10 heteroatoms. The van der Waals surface area contributed by atoms with Crippen LogP contribution in [0.1, 0.15) is 121 Å². The van der Waals surface area contributed by atoms with Crippen LogP contribution in [0.5, 0.6) is 0 Å². The second kappa shape index (κ2) is 10.9. The van der Waals surface area contributed by atoms with Gasteiger partial charge in [-0.3, -0.25) is 4.79 Å². The summed E-state index contributed by atoms with van der Waals surface area (Å²) in [6.45, 7) is 27.2. The predicted octanol–water partition coefficient (Wildman–Crippen LogP) is 10.3. The zero-order valence-electron chi connectivity index (χ0n) is 30.8. The quantitative estimate of drug-likeness (QED) is 0.157. The highest BCUT2D eigenvalue weighted by atomic mass is 32.2. The number of ketones is 1. The number of allylic oxidation sites excluding steroid dienone is 3. The number of Topliss-reactive ketones (excluding diaryl/α,β-unsaturated/α-hetero) is 1. The normalized spacial score (nSPS) is 39.2. The smallest absolute Gasteiger partial charge is 0.416 e. The van der Waals surface area contributed by atoms with Crippen molar-refractivity contribution >= 4 is 24.2 Å². The lowest BCUT2D eigenvalue weighted by molar-refractivity contribution is -0.202. The van der Waals surface area contributed by atoms with Crippen LogP contribution in [0.2, 0.25) is 18.1 Å². The van der Waals surface area contributed by atoms with Gasteiger partial charge in [0.15, 0.2) is 14.1 Å². The lowest BCUT2D eigenvalue weighted by atomic mass is 9.33. The molecule has 0 saturated heterocycles. The van der Waals surface area contributed by atoms with E-state index >= 15 is 0 Å². The van der Waals surface area contributed by atoms with Gasteiger partial charge >= 0.3 is 15.6 Å². The highest BCUT2D eigenvalue weighted by molar-refractivity contribution is 7.87. The molecule has 268 valence electrons. The van der Waals surface area contributed by atoms with E-state index in [4.69, 9.17) is 8.61 Å². The second-order valence-corrected chi connectivity index (χ2v) is 25.4. The third kappa shape index (κ3) is 5.29. The van der Waals surface area contributed by atoms with E-state index in [1.807, 2.05) is 13.8 Å². The van der Waals surface area contributed by atoms with Gasteiger partial charge < -0.3 is 8.61 Å². The lowest BCUT2D eigenvalue weighted by Gasteiger charge is -2.71. The van der Waals surface area contributed by atoms with Crippen molar-refractivity contribution in [3.63, 3.8) is 0 Å². The van der Waals surface area contributed by atoms with Gasteiger partial charge in [-0.05, 0) is 115 Å². The first-order valence-corrected chi connectivity index (χ1v) is 22.1. The number of fused-ring (bicyclic) bond motifs is 7. The Hall–Kier alpha value is -1.13. The maximum Gasteiger partial charge on any atom is 0.534 e. The predicted molar refractivity (Wildman–Crippen MR) is 182 cm³/mol. The molecule has 0 bridgehead atoms. The first-order chi connectivity index (χ1) is 21.1. The number of hydrogen-bond donors (Lipinski definition) is 0. The summed E-state index contributed by atoms with van der Waals surface area (Å²) in [6, 6.07) is 0. The molecule has 5 aliphatic carbocycles. The summed E-state index contributed by atoms with van der Waals surface area (Å²) in [5, 5.41) is 0.0733. The van der Waals surface area contributed by atoms with Gasteiger partial charge in [0.25, 0.3) is 0 Å². The monoisotopic (exact) mass is 700 g/mol. The summed E-state index contributed by atoms with van der Waals surface area (Å²) in [4.78, 5) is 13.9.